The van der Waals surface area contributed by atoms with Crippen molar-refractivity contribution in [3.63, 3.8) is 0 Å². The molecule has 1 amide bonds. The van der Waals surface area contributed by atoms with E-state index in [1.165, 1.54) is 60.7 Å². The van der Waals surface area contributed by atoms with Crippen LogP contribution in [0.4, 0.5) is 10.1 Å². The molecule has 6 aliphatic rings. The maximum Gasteiger partial charge on any atom is 0.336 e. The molecule has 5 N–H and O–H groups in total. The van der Waals surface area contributed by atoms with Crippen LogP contribution in [0.5, 0.6) is 5.75 Å². The Balaban J connectivity index is 0.872. The number of phenols is 1. The highest BCUT2D eigenvalue weighted by molar-refractivity contribution is 7.99. The van der Waals surface area contributed by atoms with Crippen molar-refractivity contribution in [2.45, 2.75) is 70.2 Å². The van der Waals surface area contributed by atoms with Gasteiger partial charge >= 0.3 is 11.9 Å². The summed E-state index contributed by atoms with van der Waals surface area (Å²) in [6.45, 7) is 4.39. The number of aromatic carboxylic acids is 1. The molecule has 3 saturated carbocycles. The number of ketones is 2. The first-order valence-corrected chi connectivity index (χ1v) is 21.6. The summed E-state index contributed by atoms with van der Waals surface area (Å²) in [4.78, 5) is 76.4. The summed E-state index contributed by atoms with van der Waals surface area (Å²) in [5.74, 6) is -5.10. The van der Waals surface area contributed by atoms with E-state index >= 15 is 4.39 Å². The second kappa shape index (κ2) is 15.6. The smallest absolute Gasteiger partial charge is 0.336 e. The first kappa shape index (κ1) is 43.0. The molecule has 0 bridgehead atoms. The van der Waals surface area contributed by atoms with E-state index in [1.807, 2.05) is 0 Å². The lowest BCUT2D eigenvalue weighted by Crippen LogP contribution is -2.69. The predicted molar refractivity (Wildman–Crippen MR) is 228 cm³/mol. The van der Waals surface area contributed by atoms with E-state index < -0.39 is 76.2 Å². The van der Waals surface area contributed by atoms with Gasteiger partial charge in [-0.1, -0.05) is 31.6 Å². The van der Waals surface area contributed by atoms with Crippen LogP contribution in [0, 0.1) is 28.6 Å². The largest absolute Gasteiger partial charge is 0.508 e. The molecule has 2 aromatic carbocycles. The van der Waals surface area contributed by atoms with Gasteiger partial charge in [-0.3, -0.25) is 24.0 Å². The highest BCUT2D eigenvalue weighted by Crippen LogP contribution is 2.70. The molecule has 0 radical (unpaired) electrons. The Morgan fingerprint density at radius 3 is 2.53 bits per heavy atom. The number of fused-ring (bicyclic) bond motifs is 7. The average Bonchev–Trinajstić information content (AvgIpc) is 3.42. The van der Waals surface area contributed by atoms with Crippen molar-refractivity contribution < 1.29 is 57.9 Å². The third-order valence-corrected chi connectivity index (χ3v) is 15.1. The van der Waals surface area contributed by atoms with Crippen molar-refractivity contribution in [1.29, 1.82) is 0 Å². The van der Waals surface area contributed by atoms with E-state index in [9.17, 15) is 49.2 Å². The van der Waals surface area contributed by atoms with Crippen molar-refractivity contribution in [3.8, 4) is 28.2 Å². The van der Waals surface area contributed by atoms with Crippen LogP contribution in [0.1, 0.15) is 63.2 Å². The minimum absolute atomic E-state index is 0.0871. The summed E-state index contributed by atoms with van der Waals surface area (Å²) < 4.78 is 28.7. The predicted octanol–water partition coefficient (Wildman–Crippen LogP) is 6.49. The maximum atomic E-state index is 17.5. The molecule has 324 valence electrons. The minimum atomic E-state index is -2.12. The standard InChI is InChI=1S/C47H46FNO12S/c1-24-16-35-34-11-4-25-17-29(52)12-14-44(25,2)46(34,48)38(53)21-45(35,3)47(24,59)39(54)22-60-41(56)13-15-62-23-40(55)49-26-5-8-30(33(18-26)43(57)58)42-31-9-6-27(50)19-36(31)61-37-20-28(51)7-10-32(37)42/h5-10,12,14,17-20,24,34-35,38,50,53,59H,4,11,13,15-16,21-23H2,1-3H3,(H,49,55)(H,57,58)/t24-,34+,35+,38+,44+,45+,46+,47+/m1/s1. The zero-order valence-electron chi connectivity index (χ0n) is 34.2. The van der Waals surface area contributed by atoms with E-state index in [-0.39, 0.29) is 69.5 Å². The molecule has 0 unspecified atom stereocenters. The van der Waals surface area contributed by atoms with Crippen molar-refractivity contribution >= 4 is 57.8 Å². The number of esters is 1. The SMILES string of the molecule is C[C@@H]1C[C@H]2[C@@H]3CCC4=CC(=O)C=C[C@]4(C)[C@@]3(F)[C@@H](O)C[C@]2(C)[C@@]1(O)C(=O)COC(=O)CCSCC(=O)Nc1ccc(-c2c3ccc(=O)cc-3oc3cc(O)ccc23)c(C(=O)O)c1. The third-order valence-electron chi connectivity index (χ3n) is 14.2. The number of hydrogen-bond acceptors (Lipinski definition) is 12. The van der Waals surface area contributed by atoms with E-state index in [1.54, 1.807) is 32.9 Å². The molecule has 8 rings (SSSR count). The molecule has 62 heavy (non-hydrogen) atoms. The van der Waals surface area contributed by atoms with E-state index in [4.69, 9.17) is 9.15 Å². The number of nitrogens with one attached hydrogen (secondary N) is 1. The van der Waals surface area contributed by atoms with Gasteiger partial charge in [0, 0.05) is 56.8 Å². The van der Waals surface area contributed by atoms with Gasteiger partial charge in [-0.25, -0.2) is 9.18 Å². The molecular weight excluding hydrogens is 822 g/mol. The number of alkyl halides is 1. The number of carbonyl (C=O) groups is 5. The van der Waals surface area contributed by atoms with Crippen molar-refractivity contribution in [2.75, 3.05) is 23.4 Å². The van der Waals surface area contributed by atoms with Crippen LogP contribution in [-0.4, -0.2) is 85.3 Å². The zero-order valence-corrected chi connectivity index (χ0v) is 35.1. The van der Waals surface area contributed by atoms with E-state index in [2.05, 4.69) is 5.32 Å². The van der Waals surface area contributed by atoms with Crippen LogP contribution < -0.4 is 10.7 Å². The Morgan fingerprint density at radius 2 is 1.77 bits per heavy atom. The normalized spacial score (nSPS) is 30.0. The van der Waals surface area contributed by atoms with Crippen LogP contribution in [-0.2, 0) is 23.9 Å². The number of Topliss-reactive ketones (excluding diaryl/α,β-unsaturated/α-hetero) is 1. The molecule has 0 spiro atoms. The Hall–Kier alpha value is -5.64. The topological polar surface area (TPSA) is 218 Å². The number of anilines is 1. The number of carboxylic acids is 1. The van der Waals surface area contributed by atoms with Crippen LogP contribution >= 0.6 is 11.8 Å². The molecule has 0 saturated heterocycles. The van der Waals surface area contributed by atoms with Gasteiger partial charge in [0.05, 0.1) is 23.8 Å². The number of benzene rings is 3. The molecule has 1 aliphatic heterocycles. The molecule has 8 atom stereocenters. The van der Waals surface area contributed by atoms with Gasteiger partial charge in [-0.2, -0.15) is 11.8 Å². The number of allylic oxidation sites excluding steroid dienone is 4. The fourth-order valence-corrected chi connectivity index (χ4v) is 11.9. The van der Waals surface area contributed by atoms with Gasteiger partial charge in [0.2, 0.25) is 11.7 Å². The number of rotatable bonds is 11. The molecular formula is C47H46FNO12S. The molecule has 3 fully saturated rings. The van der Waals surface area contributed by atoms with Crippen molar-refractivity contribution in [3.05, 3.63) is 94.2 Å². The fraction of sp³-hybridized carbons (Fsp3) is 0.404. The molecule has 5 aliphatic carbocycles. The molecule has 15 heteroatoms. The minimum Gasteiger partial charge on any atom is -0.508 e. The highest BCUT2D eigenvalue weighted by Gasteiger charge is 2.75. The van der Waals surface area contributed by atoms with Gasteiger partial charge in [0.1, 0.15) is 22.7 Å². The van der Waals surface area contributed by atoms with Gasteiger partial charge in [0.15, 0.2) is 23.5 Å². The molecule has 13 nitrogen and oxygen atoms in total. The summed E-state index contributed by atoms with van der Waals surface area (Å²) >= 11 is 1.11. The summed E-state index contributed by atoms with van der Waals surface area (Å²) in [6.07, 6.45) is 3.53. The van der Waals surface area contributed by atoms with Gasteiger partial charge in [-0.15, -0.1) is 0 Å². The number of hydrogen-bond donors (Lipinski definition) is 5. The lowest BCUT2D eigenvalue weighted by molar-refractivity contribution is -0.220. The second-order valence-electron chi connectivity index (χ2n) is 17.5. The number of carbonyl (C=O) groups excluding carboxylic acids is 4. The second-order valence-corrected chi connectivity index (χ2v) is 18.6. The Morgan fingerprint density at radius 1 is 1.02 bits per heavy atom. The van der Waals surface area contributed by atoms with Crippen molar-refractivity contribution in [2.24, 2.45) is 28.6 Å². The van der Waals surface area contributed by atoms with Crippen LogP contribution in [0.25, 0.3) is 33.4 Å². The number of aromatic hydroxyl groups is 1. The Bertz CT molecular complexity index is 2660. The lowest BCUT2D eigenvalue weighted by Gasteiger charge is -2.62. The number of thioether (sulfide) groups is 1. The third kappa shape index (κ3) is 6.76. The van der Waals surface area contributed by atoms with Gasteiger partial charge in [0.25, 0.3) is 0 Å². The molecule has 1 heterocycles. The first-order chi connectivity index (χ1) is 29.3. The number of ether oxygens (including phenoxy) is 1. The van der Waals surface area contributed by atoms with Crippen LogP contribution in [0.15, 0.2) is 87.6 Å². The van der Waals surface area contributed by atoms with E-state index in [0.717, 1.165) is 11.8 Å². The number of aliphatic hydroxyl groups excluding tert-OH is 1. The fourth-order valence-electron chi connectivity index (χ4n) is 11.2. The highest BCUT2D eigenvalue weighted by atomic mass is 32.2. The summed E-state index contributed by atoms with van der Waals surface area (Å²) in [6, 6.07) is 12.9. The van der Waals surface area contributed by atoms with Gasteiger partial charge < -0.3 is 34.9 Å². The monoisotopic (exact) mass is 867 g/mol. The van der Waals surface area contributed by atoms with Crippen LogP contribution in [0.3, 0.4) is 0 Å². The Labute approximate surface area is 359 Å². The molecule has 0 aromatic heterocycles. The van der Waals surface area contributed by atoms with Crippen LogP contribution in [0.2, 0.25) is 0 Å². The summed E-state index contributed by atoms with van der Waals surface area (Å²) in [7, 11) is 0. The quantitative estimate of drug-likeness (QED) is 0.0620. The number of amides is 1. The zero-order chi connectivity index (χ0) is 44.5. The van der Waals surface area contributed by atoms with Crippen molar-refractivity contribution in [1.82, 2.24) is 0 Å². The average molecular weight is 868 g/mol. The summed E-state index contributed by atoms with van der Waals surface area (Å²) in [5.41, 5.74) is -4.77. The number of phenolic OH excluding ortho intramolecular Hbond substituents is 1. The lowest BCUT2D eigenvalue weighted by atomic mass is 9.44. The summed E-state index contributed by atoms with van der Waals surface area (Å²) in [5, 5.41) is 47.2. The first-order valence-electron chi connectivity index (χ1n) is 20.5. The maximum absolute atomic E-state index is 17.5. The van der Waals surface area contributed by atoms with Gasteiger partial charge in [-0.05, 0) is 98.6 Å². The number of carboxylic acid groups (broad SMARTS) is 1. The number of aliphatic hydroxyl groups is 2. The number of halogens is 1. The molecule has 2 aromatic rings. The van der Waals surface area contributed by atoms with E-state index in [0.29, 0.717) is 41.3 Å². The Kier molecular flexibility index (Phi) is 10.8.